The third-order valence-corrected chi connectivity index (χ3v) is 4.62. The Labute approximate surface area is 136 Å². The normalized spacial score (nSPS) is 24.2. The van der Waals surface area contributed by atoms with Crippen LogP contribution in [0.3, 0.4) is 0 Å². The van der Waals surface area contributed by atoms with Crippen molar-refractivity contribution in [3.8, 4) is 11.5 Å². The molecule has 2 heterocycles. The third-order valence-electron chi connectivity index (χ3n) is 2.72. The first-order valence-corrected chi connectivity index (χ1v) is 8.19. The van der Waals surface area contributed by atoms with Crippen LogP contribution < -0.4 is 9.47 Å². The third kappa shape index (κ3) is 3.64. The standard InChI is InChI=1S/C12H11Br3O4/c13-8-1-9(14)12(19-5-7-3-17-7)10(15)11(8)18-4-6-2-16-6/h1,6-7H,2-5H2. The Morgan fingerprint density at radius 2 is 1.37 bits per heavy atom. The van der Waals surface area contributed by atoms with Gasteiger partial charge in [0.1, 0.15) is 29.9 Å². The summed E-state index contributed by atoms with van der Waals surface area (Å²) < 4.78 is 24.3. The molecule has 7 heteroatoms. The van der Waals surface area contributed by atoms with Gasteiger partial charge in [-0.25, -0.2) is 0 Å². The van der Waals surface area contributed by atoms with E-state index in [0.29, 0.717) is 13.2 Å². The van der Waals surface area contributed by atoms with E-state index in [1.807, 2.05) is 6.07 Å². The van der Waals surface area contributed by atoms with E-state index in [4.69, 9.17) is 18.9 Å². The Hall–Kier alpha value is 0.180. The van der Waals surface area contributed by atoms with Crippen LogP contribution in [0.25, 0.3) is 0 Å². The number of halogens is 3. The minimum atomic E-state index is 0.215. The molecule has 19 heavy (non-hydrogen) atoms. The SMILES string of the molecule is Brc1cc(Br)c(OCC2CO2)c(Br)c1OCC1CO1. The number of rotatable bonds is 6. The van der Waals surface area contributed by atoms with Gasteiger partial charge < -0.3 is 18.9 Å². The van der Waals surface area contributed by atoms with Gasteiger partial charge in [-0.3, -0.25) is 0 Å². The van der Waals surface area contributed by atoms with Crippen LogP contribution >= 0.6 is 47.8 Å². The molecule has 0 N–H and O–H groups in total. The van der Waals surface area contributed by atoms with Crippen molar-refractivity contribution in [3.05, 3.63) is 19.5 Å². The maximum Gasteiger partial charge on any atom is 0.151 e. The van der Waals surface area contributed by atoms with Crippen molar-refractivity contribution >= 4 is 47.8 Å². The highest BCUT2D eigenvalue weighted by Crippen LogP contribution is 2.45. The fraction of sp³-hybridized carbons (Fsp3) is 0.500. The quantitative estimate of drug-likeness (QED) is 0.612. The lowest BCUT2D eigenvalue weighted by atomic mass is 10.3. The molecule has 2 saturated heterocycles. The molecular formula is C12H11Br3O4. The average Bonchev–Trinajstić information content (AvgIpc) is 3.23. The molecule has 2 unspecified atom stereocenters. The van der Waals surface area contributed by atoms with Crippen molar-refractivity contribution < 1.29 is 18.9 Å². The summed E-state index contributed by atoms with van der Waals surface area (Å²) in [6, 6.07) is 1.91. The van der Waals surface area contributed by atoms with E-state index in [0.717, 1.165) is 38.1 Å². The summed E-state index contributed by atoms with van der Waals surface area (Å²) in [7, 11) is 0. The number of epoxide rings is 2. The molecule has 4 nitrogen and oxygen atoms in total. The molecule has 0 aliphatic carbocycles. The monoisotopic (exact) mass is 456 g/mol. The summed E-state index contributed by atoms with van der Waals surface area (Å²) in [6.07, 6.45) is 0.429. The van der Waals surface area contributed by atoms with E-state index in [-0.39, 0.29) is 12.2 Å². The molecule has 0 radical (unpaired) electrons. The van der Waals surface area contributed by atoms with E-state index in [9.17, 15) is 0 Å². The molecule has 0 saturated carbocycles. The zero-order chi connectivity index (χ0) is 13.4. The van der Waals surface area contributed by atoms with Gasteiger partial charge in [-0.15, -0.1) is 0 Å². The molecule has 1 aromatic rings. The highest BCUT2D eigenvalue weighted by Gasteiger charge is 2.27. The second-order valence-electron chi connectivity index (χ2n) is 4.35. The fourth-order valence-electron chi connectivity index (χ4n) is 1.50. The van der Waals surface area contributed by atoms with Crippen LogP contribution in [0.5, 0.6) is 11.5 Å². The van der Waals surface area contributed by atoms with Gasteiger partial charge in [-0.1, -0.05) is 0 Å². The average molecular weight is 459 g/mol. The van der Waals surface area contributed by atoms with Crippen molar-refractivity contribution in [2.75, 3.05) is 26.4 Å². The summed E-state index contributed by atoms with van der Waals surface area (Å²) in [5.41, 5.74) is 0. The summed E-state index contributed by atoms with van der Waals surface area (Å²) in [6.45, 7) is 2.64. The molecule has 0 bridgehead atoms. The molecule has 0 aromatic heterocycles. The minimum absolute atomic E-state index is 0.215. The Morgan fingerprint density at radius 1 is 0.947 bits per heavy atom. The molecule has 1 aromatic carbocycles. The number of hydrogen-bond donors (Lipinski definition) is 0. The van der Waals surface area contributed by atoms with E-state index < -0.39 is 0 Å². The van der Waals surface area contributed by atoms with Gasteiger partial charge in [0, 0.05) is 0 Å². The van der Waals surface area contributed by atoms with Gasteiger partial charge in [0.25, 0.3) is 0 Å². The number of benzene rings is 1. The van der Waals surface area contributed by atoms with Gasteiger partial charge in [0.05, 0.1) is 22.2 Å². The van der Waals surface area contributed by atoms with Crippen LogP contribution in [-0.4, -0.2) is 38.6 Å². The lowest BCUT2D eigenvalue weighted by molar-refractivity contribution is 0.248. The summed E-state index contributed by atoms with van der Waals surface area (Å²) in [4.78, 5) is 0. The highest BCUT2D eigenvalue weighted by molar-refractivity contribution is 9.11. The van der Waals surface area contributed by atoms with E-state index >= 15 is 0 Å². The topological polar surface area (TPSA) is 43.5 Å². The summed E-state index contributed by atoms with van der Waals surface area (Å²) in [5.74, 6) is 1.45. The molecule has 3 rings (SSSR count). The highest BCUT2D eigenvalue weighted by atomic mass is 79.9. The molecule has 2 fully saturated rings. The van der Waals surface area contributed by atoms with Crippen LogP contribution in [0.15, 0.2) is 19.5 Å². The van der Waals surface area contributed by atoms with Crippen LogP contribution in [0.4, 0.5) is 0 Å². The maximum atomic E-state index is 5.76. The smallest absolute Gasteiger partial charge is 0.151 e. The lowest BCUT2D eigenvalue weighted by Crippen LogP contribution is -2.08. The van der Waals surface area contributed by atoms with E-state index in [2.05, 4.69) is 47.8 Å². The Balaban J connectivity index is 1.77. The first kappa shape index (κ1) is 14.1. The van der Waals surface area contributed by atoms with E-state index in [1.54, 1.807) is 0 Å². The molecule has 2 aliphatic heterocycles. The van der Waals surface area contributed by atoms with Gasteiger partial charge >= 0.3 is 0 Å². The maximum absolute atomic E-state index is 5.76. The molecule has 104 valence electrons. The molecule has 0 spiro atoms. The molecule has 2 aliphatic rings. The largest absolute Gasteiger partial charge is 0.488 e. The molecular weight excluding hydrogens is 448 g/mol. The Kier molecular flexibility index (Phi) is 4.38. The summed E-state index contributed by atoms with van der Waals surface area (Å²) >= 11 is 10.5. The zero-order valence-corrected chi connectivity index (χ0v) is 14.6. The van der Waals surface area contributed by atoms with Crippen molar-refractivity contribution in [3.63, 3.8) is 0 Å². The molecule has 0 amide bonds. The zero-order valence-electron chi connectivity index (χ0n) is 9.83. The van der Waals surface area contributed by atoms with Crippen molar-refractivity contribution in [2.24, 2.45) is 0 Å². The van der Waals surface area contributed by atoms with Crippen LogP contribution in [-0.2, 0) is 9.47 Å². The second-order valence-corrected chi connectivity index (χ2v) is 6.85. The van der Waals surface area contributed by atoms with Gasteiger partial charge in [-0.2, -0.15) is 0 Å². The number of hydrogen-bond acceptors (Lipinski definition) is 4. The minimum Gasteiger partial charge on any atom is -0.488 e. The van der Waals surface area contributed by atoms with Crippen LogP contribution in [0, 0.1) is 0 Å². The van der Waals surface area contributed by atoms with Crippen molar-refractivity contribution in [1.82, 2.24) is 0 Å². The molecule has 2 atom stereocenters. The van der Waals surface area contributed by atoms with Gasteiger partial charge in [0.2, 0.25) is 0 Å². The first-order chi connectivity index (χ1) is 9.15. The summed E-state index contributed by atoms with van der Waals surface area (Å²) in [5, 5.41) is 0. The first-order valence-electron chi connectivity index (χ1n) is 5.81. The Morgan fingerprint density at radius 3 is 1.74 bits per heavy atom. The predicted octanol–water partition coefficient (Wildman–Crippen LogP) is 3.53. The van der Waals surface area contributed by atoms with Gasteiger partial charge in [0.15, 0.2) is 11.5 Å². The van der Waals surface area contributed by atoms with Crippen LogP contribution in [0.2, 0.25) is 0 Å². The van der Waals surface area contributed by atoms with Crippen LogP contribution in [0.1, 0.15) is 0 Å². The fourth-order valence-corrected chi connectivity index (χ4v) is 4.08. The van der Waals surface area contributed by atoms with Gasteiger partial charge in [-0.05, 0) is 53.9 Å². The van der Waals surface area contributed by atoms with Crippen molar-refractivity contribution in [1.29, 1.82) is 0 Å². The second kappa shape index (κ2) is 5.89. The predicted molar refractivity (Wildman–Crippen MR) is 80.0 cm³/mol. The lowest BCUT2D eigenvalue weighted by Gasteiger charge is -2.15. The Bertz CT molecular complexity index is 446. The number of ether oxygens (including phenoxy) is 4. The van der Waals surface area contributed by atoms with Crippen molar-refractivity contribution in [2.45, 2.75) is 12.2 Å². The van der Waals surface area contributed by atoms with E-state index in [1.165, 1.54) is 0 Å².